The van der Waals surface area contributed by atoms with Crippen molar-refractivity contribution in [3.8, 4) is 0 Å². The summed E-state index contributed by atoms with van der Waals surface area (Å²) in [6.07, 6.45) is 3.69. The van der Waals surface area contributed by atoms with Gasteiger partial charge in [-0.1, -0.05) is 67.0 Å². The lowest BCUT2D eigenvalue weighted by Crippen LogP contribution is -2.21. The van der Waals surface area contributed by atoms with Crippen molar-refractivity contribution in [1.82, 2.24) is 0 Å². The molecule has 0 amide bonds. The molecule has 0 bridgehead atoms. The molecule has 0 radical (unpaired) electrons. The molecular formula is C14H21Br. The van der Waals surface area contributed by atoms with Crippen LogP contribution in [0.2, 0.25) is 0 Å². The first-order valence-corrected chi connectivity index (χ1v) is 6.69. The molecule has 84 valence electrons. The van der Waals surface area contributed by atoms with Crippen molar-refractivity contribution in [2.24, 2.45) is 0 Å². The molecular weight excluding hydrogens is 248 g/mol. The summed E-state index contributed by atoms with van der Waals surface area (Å²) in [7, 11) is 0. The highest BCUT2D eigenvalue weighted by Crippen LogP contribution is 2.33. The van der Waals surface area contributed by atoms with Gasteiger partial charge in [0.2, 0.25) is 0 Å². The molecule has 0 aliphatic rings. The Morgan fingerprint density at radius 1 is 1.27 bits per heavy atom. The second kappa shape index (κ2) is 5.69. The highest BCUT2D eigenvalue weighted by Gasteiger charge is 2.24. The fourth-order valence-electron chi connectivity index (χ4n) is 1.88. The summed E-state index contributed by atoms with van der Waals surface area (Å²) >= 11 is 3.63. The quantitative estimate of drug-likeness (QED) is 0.666. The van der Waals surface area contributed by atoms with Crippen LogP contribution in [-0.4, -0.2) is 4.83 Å². The Balaban J connectivity index is 2.76. The standard InChI is InChI=1S/C14H21Br/c1-4-14(3,11-10-12(2)15)13-8-6-5-7-9-13/h5-9,12H,4,10-11H2,1-3H3. The van der Waals surface area contributed by atoms with Crippen LogP contribution in [0, 0.1) is 0 Å². The van der Waals surface area contributed by atoms with Crippen molar-refractivity contribution >= 4 is 15.9 Å². The average molecular weight is 269 g/mol. The van der Waals surface area contributed by atoms with Gasteiger partial charge in [0.1, 0.15) is 0 Å². The van der Waals surface area contributed by atoms with E-state index in [4.69, 9.17) is 0 Å². The molecule has 0 aliphatic heterocycles. The number of rotatable bonds is 5. The molecule has 0 saturated heterocycles. The molecule has 1 aromatic carbocycles. The molecule has 0 N–H and O–H groups in total. The van der Waals surface area contributed by atoms with E-state index in [0.29, 0.717) is 10.2 Å². The Bertz CT molecular complexity index is 279. The van der Waals surface area contributed by atoms with Gasteiger partial charge in [-0.25, -0.2) is 0 Å². The second-order valence-corrected chi connectivity index (χ2v) is 6.16. The van der Waals surface area contributed by atoms with Gasteiger partial charge in [0, 0.05) is 4.83 Å². The minimum absolute atomic E-state index is 0.337. The first-order chi connectivity index (χ1) is 7.08. The molecule has 0 nitrogen and oxygen atoms in total. The van der Waals surface area contributed by atoms with Gasteiger partial charge in [-0.05, 0) is 30.2 Å². The van der Waals surface area contributed by atoms with Crippen LogP contribution < -0.4 is 0 Å². The van der Waals surface area contributed by atoms with E-state index >= 15 is 0 Å². The fourth-order valence-corrected chi connectivity index (χ4v) is 2.11. The van der Waals surface area contributed by atoms with Gasteiger partial charge in [0.05, 0.1) is 0 Å². The van der Waals surface area contributed by atoms with E-state index in [0.717, 1.165) is 0 Å². The van der Waals surface area contributed by atoms with Crippen LogP contribution in [0.4, 0.5) is 0 Å². The van der Waals surface area contributed by atoms with Crippen LogP contribution in [0.5, 0.6) is 0 Å². The molecule has 1 rings (SSSR count). The van der Waals surface area contributed by atoms with Crippen molar-refractivity contribution in [2.45, 2.75) is 50.3 Å². The van der Waals surface area contributed by atoms with Gasteiger partial charge in [-0.15, -0.1) is 0 Å². The van der Waals surface area contributed by atoms with Crippen LogP contribution in [0.15, 0.2) is 30.3 Å². The van der Waals surface area contributed by atoms with Crippen LogP contribution in [0.1, 0.15) is 45.6 Å². The molecule has 2 atom stereocenters. The predicted octanol–water partition coefficient (Wildman–Crippen LogP) is 4.92. The van der Waals surface area contributed by atoms with Crippen molar-refractivity contribution in [2.75, 3.05) is 0 Å². The minimum atomic E-state index is 0.337. The highest BCUT2D eigenvalue weighted by atomic mass is 79.9. The predicted molar refractivity (Wildman–Crippen MR) is 71.7 cm³/mol. The Hall–Kier alpha value is -0.300. The third-order valence-electron chi connectivity index (χ3n) is 3.34. The normalized spacial score (nSPS) is 17.1. The molecule has 0 spiro atoms. The Kier molecular flexibility index (Phi) is 4.85. The van der Waals surface area contributed by atoms with Gasteiger partial charge in [-0.2, -0.15) is 0 Å². The van der Waals surface area contributed by atoms with Crippen molar-refractivity contribution in [3.05, 3.63) is 35.9 Å². The minimum Gasteiger partial charge on any atom is -0.0894 e. The molecule has 0 saturated carbocycles. The van der Waals surface area contributed by atoms with Gasteiger partial charge < -0.3 is 0 Å². The molecule has 0 aromatic heterocycles. The topological polar surface area (TPSA) is 0 Å². The van der Waals surface area contributed by atoms with E-state index < -0.39 is 0 Å². The molecule has 15 heavy (non-hydrogen) atoms. The smallest absolute Gasteiger partial charge is 0.0117 e. The third-order valence-corrected chi connectivity index (χ3v) is 3.80. The Morgan fingerprint density at radius 3 is 2.33 bits per heavy atom. The van der Waals surface area contributed by atoms with Crippen LogP contribution in [0.25, 0.3) is 0 Å². The third kappa shape index (κ3) is 3.64. The van der Waals surface area contributed by atoms with E-state index in [1.807, 2.05) is 0 Å². The lowest BCUT2D eigenvalue weighted by Gasteiger charge is -2.29. The molecule has 0 heterocycles. The first-order valence-electron chi connectivity index (χ1n) is 5.78. The fraction of sp³-hybridized carbons (Fsp3) is 0.571. The summed E-state index contributed by atoms with van der Waals surface area (Å²) in [5.74, 6) is 0. The molecule has 1 heteroatoms. The molecule has 0 aliphatic carbocycles. The van der Waals surface area contributed by atoms with E-state index in [1.165, 1.54) is 24.8 Å². The van der Waals surface area contributed by atoms with Crippen LogP contribution in [0.3, 0.4) is 0 Å². The Labute approximate surface area is 102 Å². The molecule has 1 aromatic rings. The number of hydrogen-bond donors (Lipinski definition) is 0. The number of benzene rings is 1. The summed E-state index contributed by atoms with van der Waals surface area (Å²) < 4.78 is 0. The summed E-state index contributed by atoms with van der Waals surface area (Å²) in [5.41, 5.74) is 1.81. The van der Waals surface area contributed by atoms with Gasteiger partial charge in [0.15, 0.2) is 0 Å². The number of hydrogen-bond acceptors (Lipinski definition) is 0. The summed E-state index contributed by atoms with van der Waals surface area (Å²) in [6, 6.07) is 10.9. The van der Waals surface area contributed by atoms with Crippen molar-refractivity contribution < 1.29 is 0 Å². The maximum absolute atomic E-state index is 3.63. The monoisotopic (exact) mass is 268 g/mol. The van der Waals surface area contributed by atoms with Gasteiger partial charge >= 0.3 is 0 Å². The zero-order valence-electron chi connectivity index (χ0n) is 9.96. The summed E-state index contributed by atoms with van der Waals surface area (Å²) in [5, 5.41) is 0. The largest absolute Gasteiger partial charge is 0.0894 e. The summed E-state index contributed by atoms with van der Waals surface area (Å²) in [6.45, 7) is 6.88. The SMILES string of the molecule is CCC(C)(CCC(C)Br)c1ccccc1. The lowest BCUT2D eigenvalue weighted by atomic mass is 9.76. The summed E-state index contributed by atoms with van der Waals surface area (Å²) in [4.78, 5) is 0.618. The van der Waals surface area contributed by atoms with E-state index in [2.05, 4.69) is 67.0 Å². The second-order valence-electron chi connectivity index (χ2n) is 4.60. The molecule has 2 unspecified atom stereocenters. The number of alkyl halides is 1. The van der Waals surface area contributed by atoms with E-state index in [-0.39, 0.29) is 0 Å². The van der Waals surface area contributed by atoms with Gasteiger partial charge in [-0.3, -0.25) is 0 Å². The average Bonchev–Trinajstić information content (AvgIpc) is 2.27. The van der Waals surface area contributed by atoms with Crippen molar-refractivity contribution in [3.63, 3.8) is 0 Å². The van der Waals surface area contributed by atoms with Gasteiger partial charge in [0.25, 0.3) is 0 Å². The molecule has 0 fully saturated rings. The highest BCUT2D eigenvalue weighted by molar-refractivity contribution is 9.09. The maximum Gasteiger partial charge on any atom is 0.0117 e. The zero-order chi connectivity index (χ0) is 11.3. The van der Waals surface area contributed by atoms with Crippen LogP contribution >= 0.6 is 15.9 Å². The van der Waals surface area contributed by atoms with Crippen LogP contribution in [-0.2, 0) is 5.41 Å². The van der Waals surface area contributed by atoms with Crippen molar-refractivity contribution in [1.29, 1.82) is 0 Å². The lowest BCUT2D eigenvalue weighted by molar-refractivity contribution is 0.406. The maximum atomic E-state index is 3.63. The Morgan fingerprint density at radius 2 is 1.87 bits per heavy atom. The number of halogens is 1. The first kappa shape index (κ1) is 12.8. The van der Waals surface area contributed by atoms with E-state index in [1.54, 1.807) is 0 Å². The zero-order valence-corrected chi connectivity index (χ0v) is 11.5. The van der Waals surface area contributed by atoms with E-state index in [9.17, 15) is 0 Å².